The average Bonchev–Trinajstić information content (AvgIpc) is 2.36. The van der Waals surface area contributed by atoms with E-state index in [1.165, 1.54) is 19.5 Å². The van der Waals surface area contributed by atoms with Crippen LogP contribution >= 0.6 is 0 Å². The molecule has 0 aliphatic rings. The van der Waals surface area contributed by atoms with Crippen molar-refractivity contribution in [3.8, 4) is 0 Å². The van der Waals surface area contributed by atoms with E-state index in [1.807, 2.05) is 13.8 Å². The molecule has 0 radical (unpaired) electrons. The van der Waals surface area contributed by atoms with Crippen LogP contribution in [-0.4, -0.2) is 40.2 Å². The van der Waals surface area contributed by atoms with Gasteiger partial charge >= 0.3 is 11.9 Å². The van der Waals surface area contributed by atoms with Gasteiger partial charge in [-0.25, -0.2) is 14.6 Å². The Labute approximate surface area is 111 Å². The number of hydrogen-bond donors (Lipinski definition) is 2. The first-order chi connectivity index (χ1) is 8.93. The molecule has 0 aliphatic heterocycles. The molecule has 2 N–H and O–H groups in total. The van der Waals surface area contributed by atoms with E-state index in [9.17, 15) is 9.59 Å². The van der Waals surface area contributed by atoms with Gasteiger partial charge in [-0.2, -0.15) is 0 Å². The molecular formula is C12H17N3O4. The predicted molar refractivity (Wildman–Crippen MR) is 67.9 cm³/mol. The summed E-state index contributed by atoms with van der Waals surface area (Å²) in [5, 5.41) is 11.9. The number of nitrogens with zero attached hydrogens (tertiary/aromatic N) is 2. The number of hydrogen-bond acceptors (Lipinski definition) is 6. The molecule has 7 heteroatoms. The summed E-state index contributed by atoms with van der Waals surface area (Å²) < 4.78 is 4.52. The Morgan fingerprint density at radius 3 is 2.63 bits per heavy atom. The van der Waals surface area contributed by atoms with E-state index in [0.717, 1.165) is 0 Å². The molecule has 0 spiro atoms. The number of esters is 1. The zero-order valence-electron chi connectivity index (χ0n) is 11.1. The minimum atomic E-state index is -0.973. The number of carboxylic acid groups (broad SMARTS) is 1. The van der Waals surface area contributed by atoms with E-state index in [4.69, 9.17) is 5.11 Å². The molecule has 104 valence electrons. The average molecular weight is 267 g/mol. The molecule has 0 saturated heterocycles. The van der Waals surface area contributed by atoms with Crippen molar-refractivity contribution in [1.29, 1.82) is 0 Å². The SMILES string of the molecule is COC(=O)c1cncc(NC(CC(C)C)C(=O)O)n1. The van der Waals surface area contributed by atoms with Crippen molar-refractivity contribution in [1.82, 2.24) is 9.97 Å². The van der Waals surface area contributed by atoms with Crippen molar-refractivity contribution < 1.29 is 19.4 Å². The molecule has 1 heterocycles. The molecule has 0 bridgehead atoms. The van der Waals surface area contributed by atoms with Crippen LogP contribution in [0.25, 0.3) is 0 Å². The smallest absolute Gasteiger partial charge is 0.358 e. The van der Waals surface area contributed by atoms with Crippen LogP contribution in [0.2, 0.25) is 0 Å². The maximum Gasteiger partial charge on any atom is 0.358 e. The lowest BCUT2D eigenvalue weighted by Crippen LogP contribution is -2.31. The lowest BCUT2D eigenvalue weighted by Gasteiger charge is -2.16. The van der Waals surface area contributed by atoms with Gasteiger partial charge in [0.05, 0.1) is 19.5 Å². The predicted octanol–water partition coefficient (Wildman–Crippen LogP) is 1.17. The van der Waals surface area contributed by atoms with Crippen molar-refractivity contribution in [2.45, 2.75) is 26.3 Å². The summed E-state index contributed by atoms with van der Waals surface area (Å²) in [6.45, 7) is 3.85. The fourth-order valence-electron chi connectivity index (χ4n) is 1.51. The van der Waals surface area contributed by atoms with E-state index >= 15 is 0 Å². The van der Waals surface area contributed by atoms with Crippen LogP contribution in [-0.2, 0) is 9.53 Å². The van der Waals surface area contributed by atoms with Gasteiger partial charge < -0.3 is 15.2 Å². The molecule has 0 amide bonds. The van der Waals surface area contributed by atoms with Crippen molar-refractivity contribution in [3.63, 3.8) is 0 Å². The number of anilines is 1. The summed E-state index contributed by atoms with van der Waals surface area (Å²) in [6.07, 6.45) is 3.07. The fraction of sp³-hybridized carbons (Fsp3) is 0.500. The maximum atomic E-state index is 11.3. The largest absolute Gasteiger partial charge is 0.480 e. The molecule has 1 rings (SSSR count). The van der Waals surface area contributed by atoms with Crippen LogP contribution in [0.5, 0.6) is 0 Å². The highest BCUT2D eigenvalue weighted by Gasteiger charge is 2.19. The normalized spacial score (nSPS) is 12.0. The molecule has 1 atom stereocenters. The number of aromatic nitrogens is 2. The highest BCUT2D eigenvalue weighted by molar-refractivity contribution is 5.87. The number of ether oxygens (including phenoxy) is 1. The van der Waals surface area contributed by atoms with Gasteiger partial charge in [0.25, 0.3) is 0 Å². The second-order valence-electron chi connectivity index (χ2n) is 4.45. The number of aliphatic carboxylic acids is 1. The monoisotopic (exact) mass is 267 g/mol. The summed E-state index contributed by atoms with van der Waals surface area (Å²) in [4.78, 5) is 30.2. The summed E-state index contributed by atoms with van der Waals surface area (Å²) in [5.41, 5.74) is 0.0289. The zero-order chi connectivity index (χ0) is 14.4. The summed E-state index contributed by atoms with van der Waals surface area (Å²) >= 11 is 0. The molecule has 19 heavy (non-hydrogen) atoms. The Morgan fingerprint density at radius 2 is 2.11 bits per heavy atom. The van der Waals surface area contributed by atoms with Gasteiger partial charge in [-0.1, -0.05) is 13.8 Å². The van der Waals surface area contributed by atoms with Crippen LogP contribution in [0.1, 0.15) is 30.8 Å². The van der Waals surface area contributed by atoms with Crippen LogP contribution in [0, 0.1) is 5.92 Å². The third-order valence-electron chi connectivity index (χ3n) is 2.36. The van der Waals surface area contributed by atoms with E-state index in [1.54, 1.807) is 0 Å². The zero-order valence-corrected chi connectivity index (χ0v) is 11.1. The highest BCUT2D eigenvalue weighted by Crippen LogP contribution is 2.11. The van der Waals surface area contributed by atoms with Crippen LogP contribution in [0.3, 0.4) is 0 Å². The van der Waals surface area contributed by atoms with Crippen molar-refractivity contribution in [3.05, 3.63) is 18.1 Å². The summed E-state index contributed by atoms with van der Waals surface area (Å²) in [7, 11) is 1.24. The Bertz CT molecular complexity index is 462. The lowest BCUT2D eigenvalue weighted by atomic mass is 10.0. The van der Waals surface area contributed by atoms with Gasteiger partial charge in [-0.15, -0.1) is 0 Å². The van der Waals surface area contributed by atoms with Crippen LogP contribution in [0.4, 0.5) is 5.82 Å². The van der Waals surface area contributed by atoms with Gasteiger partial charge in [0.15, 0.2) is 5.69 Å². The van der Waals surface area contributed by atoms with Crippen molar-refractivity contribution in [2.75, 3.05) is 12.4 Å². The number of carbonyl (C=O) groups is 2. The minimum absolute atomic E-state index is 0.0289. The molecule has 0 fully saturated rings. The first-order valence-electron chi connectivity index (χ1n) is 5.83. The Hall–Kier alpha value is -2.18. The second kappa shape index (κ2) is 6.67. The Morgan fingerprint density at radius 1 is 1.42 bits per heavy atom. The molecule has 0 aromatic carbocycles. The third-order valence-corrected chi connectivity index (χ3v) is 2.36. The molecule has 7 nitrogen and oxygen atoms in total. The Kier molecular flexibility index (Phi) is 5.23. The van der Waals surface area contributed by atoms with Gasteiger partial charge in [-0.05, 0) is 12.3 Å². The highest BCUT2D eigenvalue weighted by atomic mass is 16.5. The van der Waals surface area contributed by atoms with Crippen LogP contribution < -0.4 is 5.32 Å². The first-order valence-corrected chi connectivity index (χ1v) is 5.83. The Balaban J connectivity index is 2.84. The maximum absolute atomic E-state index is 11.3. The quantitative estimate of drug-likeness (QED) is 0.746. The van der Waals surface area contributed by atoms with Gasteiger partial charge in [0.2, 0.25) is 0 Å². The van der Waals surface area contributed by atoms with E-state index in [2.05, 4.69) is 20.0 Å². The molecule has 1 aromatic heterocycles. The van der Waals surface area contributed by atoms with E-state index in [-0.39, 0.29) is 17.4 Å². The number of nitrogens with one attached hydrogen (secondary N) is 1. The second-order valence-corrected chi connectivity index (χ2v) is 4.45. The third kappa shape index (κ3) is 4.53. The van der Waals surface area contributed by atoms with E-state index < -0.39 is 18.0 Å². The number of carbonyl (C=O) groups excluding carboxylic acids is 1. The van der Waals surface area contributed by atoms with E-state index in [0.29, 0.717) is 6.42 Å². The fourth-order valence-corrected chi connectivity index (χ4v) is 1.51. The summed E-state index contributed by atoms with van der Waals surface area (Å²) in [6, 6.07) is -0.776. The molecule has 0 aliphatic carbocycles. The minimum Gasteiger partial charge on any atom is -0.480 e. The molecular weight excluding hydrogens is 250 g/mol. The van der Waals surface area contributed by atoms with Gasteiger partial charge in [0.1, 0.15) is 11.9 Å². The summed E-state index contributed by atoms with van der Waals surface area (Å²) in [5.74, 6) is -1.15. The van der Waals surface area contributed by atoms with Crippen LogP contribution in [0.15, 0.2) is 12.4 Å². The van der Waals surface area contributed by atoms with Crippen molar-refractivity contribution >= 4 is 17.8 Å². The molecule has 1 aromatic rings. The lowest BCUT2D eigenvalue weighted by molar-refractivity contribution is -0.138. The van der Waals surface area contributed by atoms with Crippen molar-refractivity contribution in [2.24, 2.45) is 5.92 Å². The number of methoxy groups -OCH3 is 1. The van der Waals surface area contributed by atoms with Gasteiger partial charge in [0, 0.05) is 0 Å². The first kappa shape index (κ1) is 14.9. The standard InChI is InChI=1S/C12H17N3O4/c1-7(2)4-8(11(16)17)14-10-6-13-5-9(15-10)12(18)19-3/h5-8H,4H2,1-3H3,(H,14,15)(H,16,17). The topological polar surface area (TPSA) is 101 Å². The number of carboxylic acids is 1. The van der Waals surface area contributed by atoms with Gasteiger partial charge in [-0.3, -0.25) is 4.98 Å². The molecule has 0 saturated carbocycles. The molecule has 1 unspecified atom stereocenters. The number of rotatable bonds is 6.